The van der Waals surface area contributed by atoms with Gasteiger partial charge in [0, 0.05) is 0 Å². The van der Waals surface area contributed by atoms with Crippen molar-refractivity contribution in [3.8, 4) is 0 Å². The highest BCUT2D eigenvalue weighted by atomic mass is 19.2. The zero-order valence-electron chi connectivity index (χ0n) is 14.2. The number of hydrogen-bond donors (Lipinski definition) is 2. The minimum absolute atomic E-state index is 0.147. The van der Waals surface area contributed by atoms with Gasteiger partial charge in [-0.05, 0) is 31.3 Å². The second-order valence-corrected chi connectivity index (χ2v) is 5.97. The molecule has 0 aliphatic carbocycles. The van der Waals surface area contributed by atoms with Crippen molar-refractivity contribution in [2.75, 3.05) is 18.9 Å². The number of para-hydroxylation sites is 1. The Morgan fingerprint density at radius 2 is 1.89 bits per heavy atom. The van der Waals surface area contributed by atoms with Gasteiger partial charge in [0.1, 0.15) is 5.82 Å². The number of aromatic nitrogens is 2. The molecule has 0 aliphatic heterocycles. The molecular formula is C18H15F3N4O2. The van der Waals surface area contributed by atoms with Crippen LogP contribution in [0, 0.1) is 17.5 Å². The molecule has 1 amide bonds. The van der Waals surface area contributed by atoms with Crippen LogP contribution in [0.5, 0.6) is 0 Å². The molecule has 0 bridgehead atoms. The van der Waals surface area contributed by atoms with Gasteiger partial charge in [-0.1, -0.05) is 12.1 Å². The van der Waals surface area contributed by atoms with Gasteiger partial charge in [-0.3, -0.25) is 14.5 Å². The Kier molecular flexibility index (Phi) is 5.22. The zero-order valence-corrected chi connectivity index (χ0v) is 14.2. The summed E-state index contributed by atoms with van der Waals surface area (Å²) < 4.78 is 39.7. The predicted molar refractivity (Wildman–Crippen MR) is 93.6 cm³/mol. The average Bonchev–Trinajstić information content (AvgIpc) is 2.62. The number of H-pyrrole nitrogens is 1. The van der Waals surface area contributed by atoms with Gasteiger partial charge in [-0.2, -0.15) is 0 Å². The van der Waals surface area contributed by atoms with Crippen LogP contribution in [0.3, 0.4) is 0 Å². The van der Waals surface area contributed by atoms with Crippen LogP contribution in [0.1, 0.15) is 5.82 Å². The highest BCUT2D eigenvalue weighted by Crippen LogP contribution is 2.19. The van der Waals surface area contributed by atoms with E-state index in [-0.39, 0.29) is 18.6 Å². The number of amides is 1. The molecule has 140 valence electrons. The van der Waals surface area contributed by atoms with Crippen molar-refractivity contribution in [3.63, 3.8) is 0 Å². The number of hydrogen-bond acceptors (Lipinski definition) is 4. The molecule has 0 atom stereocenters. The van der Waals surface area contributed by atoms with E-state index >= 15 is 0 Å². The first-order chi connectivity index (χ1) is 12.8. The first-order valence-corrected chi connectivity index (χ1v) is 7.95. The summed E-state index contributed by atoms with van der Waals surface area (Å²) in [6.07, 6.45) is 0. The summed E-state index contributed by atoms with van der Waals surface area (Å²) in [5.74, 6) is -4.74. The van der Waals surface area contributed by atoms with Crippen LogP contribution in [0.25, 0.3) is 10.9 Å². The van der Waals surface area contributed by atoms with E-state index in [2.05, 4.69) is 15.3 Å². The van der Waals surface area contributed by atoms with Crippen LogP contribution < -0.4 is 10.9 Å². The number of nitrogens with zero attached hydrogens (tertiary/aromatic N) is 2. The third-order valence-corrected chi connectivity index (χ3v) is 3.80. The van der Waals surface area contributed by atoms with Crippen LogP contribution >= 0.6 is 0 Å². The maximum absolute atomic E-state index is 13.6. The molecule has 27 heavy (non-hydrogen) atoms. The van der Waals surface area contributed by atoms with Crippen molar-refractivity contribution < 1.29 is 18.0 Å². The maximum atomic E-state index is 13.6. The van der Waals surface area contributed by atoms with E-state index in [1.54, 1.807) is 31.3 Å². The van der Waals surface area contributed by atoms with Crippen LogP contribution in [-0.2, 0) is 11.3 Å². The number of carbonyl (C=O) groups excluding carboxylic acids is 1. The van der Waals surface area contributed by atoms with E-state index in [4.69, 9.17) is 0 Å². The topological polar surface area (TPSA) is 78.1 Å². The van der Waals surface area contributed by atoms with Gasteiger partial charge in [0.2, 0.25) is 5.91 Å². The Labute approximate surface area is 151 Å². The molecule has 2 N–H and O–H groups in total. The Bertz CT molecular complexity index is 1070. The summed E-state index contributed by atoms with van der Waals surface area (Å²) in [7, 11) is 1.59. The third-order valence-electron chi connectivity index (χ3n) is 3.80. The minimum Gasteiger partial charge on any atom is -0.322 e. The number of anilines is 1. The van der Waals surface area contributed by atoms with E-state index in [0.717, 1.165) is 12.1 Å². The normalized spacial score (nSPS) is 11.1. The second-order valence-electron chi connectivity index (χ2n) is 5.97. The SMILES string of the molecule is CN(CC(=O)Nc1ccc(F)c(F)c1F)Cc1nc2ccccc2c(=O)[nH]1. The van der Waals surface area contributed by atoms with Gasteiger partial charge >= 0.3 is 0 Å². The molecule has 3 rings (SSSR count). The van der Waals surface area contributed by atoms with E-state index < -0.39 is 29.0 Å². The first kappa shape index (κ1) is 18.6. The zero-order chi connectivity index (χ0) is 19.6. The molecule has 0 saturated carbocycles. The number of nitrogens with one attached hydrogen (secondary N) is 2. The van der Waals surface area contributed by atoms with Crippen molar-refractivity contribution in [2.45, 2.75) is 6.54 Å². The summed E-state index contributed by atoms with van der Waals surface area (Å²) in [4.78, 5) is 32.5. The molecule has 2 aromatic carbocycles. The Morgan fingerprint density at radius 1 is 1.15 bits per heavy atom. The molecule has 1 aromatic heterocycles. The number of rotatable bonds is 5. The van der Waals surface area contributed by atoms with Gasteiger partial charge in [0.25, 0.3) is 5.56 Å². The van der Waals surface area contributed by atoms with Crippen molar-refractivity contribution in [2.24, 2.45) is 0 Å². The summed E-state index contributed by atoms with van der Waals surface area (Å²) in [5, 5.41) is 2.64. The fourth-order valence-corrected chi connectivity index (χ4v) is 2.58. The van der Waals surface area contributed by atoms with E-state index in [0.29, 0.717) is 16.7 Å². The van der Waals surface area contributed by atoms with Gasteiger partial charge in [-0.25, -0.2) is 18.2 Å². The summed E-state index contributed by atoms with van der Waals surface area (Å²) in [5.41, 5.74) is -0.222. The molecule has 0 fully saturated rings. The first-order valence-electron chi connectivity index (χ1n) is 7.95. The molecule has 0 saturated heterocycles. The number of aromatic amines is 1. The third kappa shape index (κ3) is 4.14. The van der Waals surface area contributed by atoms with Gasteiger partial charge in [-0.15, -0.1) is 0 Å². The summed E-state index contributed by atoms with van der Waals surface area (Å²) >= 11 is 0. The Morgan fingerprint density at radius 3 is 2.67 bits per heavy atom. The summed E-state index contributed by atoms with van der Waals surface area (Å²) in [6, 6.07) is 8.50. The van der Waals surface area contributed by atoms with Gasteiger partial charge in [0.05, 0.1) is 29.7 Å². The monoisotopic (exact) mass is 376 g/mol. The lowest BCUT2D eigenvalue weighted by Crippen LogP contribution is -2.31. The predicted octanol–water partition coefficient (Wildman–Crippen LogP) is 2.41. The van der Waals surface area contributed by atoms with Crippen LogP contribution in [-0.4, -0.2) is 34.4 Å². The maximum Gasteiger partial charge on any atom is 0.258 e. The molecular weight excluding hydrogens is 361 g/mol. The van der Waals surface area contributed by atoms with Crippen molar-refractivity contribution in [1.82, 2.24) is 14.9 Å². The van der Waals surface area contributed by atoms with Gasteiger partial charge < -0.3 is 10.3 Å². The van der Waals surface area contributed by atoms with Crippen LogP contribution in [0.4, 0.5) is 18.9 Å². The molecule has 0 unspecified atom stereocenters. The lowest BCUT2D eigenvalue weighted by Gasteiger charge is -2.16. The fourth-order valence-electron chi connectivity index (χ4n) is 2.58. The molecule has 1 heterocycles. The molecule has 0 aliphatic rings. The Balaban J connectivity index is 1.67. The standard InChI is InChI=1S/C18H15F3N4O2/c1-25(8-14-22-12-5-3-2-4-10(12)18(27)24-14)9-15(26)23-13-7-6-11(19)16(20)17(13)21/h2-7H,8-9H2,1H3,(H,23,26)(H,22,24,27). The number of likely N-dealkylation sites (N-methyl/N-ethyl adjacent to an activating group) is 1. The number of halogens is 3. The largest absolute Gasteiger partial charge is 0.322 e. The highest BCUT2D eigenvalue weighted by molar-refractivity contribution is 5.92. The number of carbonyl (C=O) groups is 1. The van der Waals surface area contributed by atoms with Crippen molar-refractivity contribution >= 4 is 22.5 Å². The average molecular weight is 376 g/mol. The summed E-state index contributed by atoms with van der Waals surface area (Å²) in [6.45, 7) is -0.0390. The van der Waals surface area contributed by atoms with Crippen molar-refractivity contribution in [1.29, 1.82) is 0 Å². The molecule has 0 radical (unpaired) electrons. The second kappa shape index (κ2) is 7.58. The van der Waals surface area contributed by atoms with E-state index in [1.807, 2.05) is 0 Å². The Hall–Kier alpha value is -3.20. The molecule has 6 nitrogen and oxygen atoms in total. The number of benzene rings is 2. The minimum atomic E-state index is -1.65. The van der Waals surface area contributed by atoms with Crippen molar-refractivity contribution in [3.05, 3.63) is 70.0 Å². The fraction of sp³-hybridized carbons (Fsp3) is 0.167. The lowest BCUT2D eigenvalue weighted by atomic mass is 10.2. The molecule has 0 spiro atoms. The molecule has 3 aromatic rings. The lowest BCUT2D eigenvalue weighted by molar-refractivity contribution is -0.117. The number of fused-ring (bicyclic) bond motifs is 1. The molecule has 9 heteroatoms. The van der Waals surface area contributed by atoms with E-state index in [1.165, 1.54) is 4.90 Å². The van der Waals surface area contributed by atoms with Gasteiger partial charge in [0.15, 0.2) is 17.5 Å². The van der Waals surface area contributed by atoms with Crippen LogP contribution in [0.15, 0.2) is 41.2 Å². The van der Waals surface area contributed by atoms with Crippen LogP contribution in [0.2, 0.25) is 0 Å². The van der Waals surface area contributed by atoms with E-state index in [9.17, 15) is 22.8 Å². The smallest absolute Gasteiger partial charge is 0.258 e. The highest BCUT2D eigenvalue weighted by Gasteiger charge is 2.16. The quantitative estimate of drug-likeness (QED) is 0.671.